The Bertz CT molecular complexity index is 569. The van der Waals surface area contributed by atoms with Crippen LogP contribution in [0.3, 0.4) is 0 Å². The van der Waals surface area contributed by atoms with Gasteiger partial charge in [0.1, 0.15) is 11.9 Å². The van der Waals surface area contributed by atoms with E-state index in [1.54, 1.807) is 0 Å². The molecule has 0 amide bonds. The number of nitrogens with two attached hydrogens (primary N) is 1. The van der Waals surface area contributed by atoms with Crippen molar-refractivity contribution in [2.45, 2.75) is 24.5 Å². The molecule has 0 aliphatic carbocycles. The van der Waals surface area contributed by atoms with Gasteiger partial charge in [0.15, 0.2) is 12.3 Å². The number of nitrogen functional groups attached to an aromatic ring is 1. The van der Waals surface area contributed by atoms with Crippen molar-refractivity contribution in [1.29, 1.82) is 0 Å². The van der Waals surface area contributed by atoms with Crippen molar-refractivity contribution >= 4 is 5.82 Å². The summed E-state index contributed by atoms with van der Waals surface area (Å²) in [5.41, 5.74) is 4.25. The van der Waals surface area contributed by atoms with Crippen LogP contribution in [0.25, 0.3) is 0 Å². The van der Waals surface area contributed by atoms with Crippen molar-refractivity contribution in [3.8, 4) is 0 Å². The summed E-state index contributed by atoms with van der Waals surface area (Å²) < 4.78 is 31.3. The van der Waals surface area contributed by atoms with Crippen molar-refractivity contribution in [3.05, 3.63) is 34.9 Å². The molecule has 0 radical (unpaired) electrons. The summed E-state index contributed by atoms with van der Waals surface area (Å²) in [5.74, 6) is -0.0468. The highest BCUT2D eigenvalue weighted by molar-refractivity contribution is 5.25. The lowest BCUT2D eigenvalue weighted by molar-refractivity contribution is -0.282. The second-order valence-corrected chi connectivity index (χ2v) is 4.06. The zero-order valence-corrected chi connectivity index (χ0v) is 9.53. The first kappa shape index (κ1) is 13.6. The SMILES string of the molecule is C=C1[C@H](n2ccc(N)nc2=O)O[C@H](C(O)(F)F)[C@H]1O. The van der Waals surface area contributed by atoms with E-state index in [9.17, 15) is 18.7 Å². The van der Waals surface area contributed by atoms with E-state index in [4.69, 9.17) is 15.6 Å². The minimum absolute atomic E-state index is 0.0468. The lowest BCUT2D eigenvalue weighted by atomic mass is 10.1. The molecule has 0 spiro atoms. The van der Waals surface area contributed by atoms with E-state index in [2.05, 4.69) is 11.6 Å². The number of anilines is 1. The first-order chi connectivity index (χ1) is 8.71. The van der Waals surface area contributed by atoms with Gasteiger partial charge in [-0.2, -0.15) is 13.8 Å². The average Bonchev–Trinajstić information content (AvgIpc) is 2.56. The van der Waals surface area contributed by atoms with E-state index < -0.39 is 30.2 Å². The van der Waals surface area contributed by atoms with Crippen molar-refractivity contribution in [2.75, 3.05) is 5.73 Å². The number of halogens is 2. The number of hydrogen-bond acceptors (Lipinski definition) is 6. The van der Waals surface area contributed by atoms with Crippen molar-refractivity contribution in [3.63, 3.8) is 0 Å². The summed E-state index contributed by atoms with van der Waals surface area (Å²) in [4.78, 5) is 15.0. The highest BCUT2D eigenvalue weighted by Gasteiger charge is 2.52. The molecule has 2 heterocycles. The molecule has 0 aromatic carbocycles. The fraction of sp³-hybridized carbons (Fsp3) is 0.400. The minimum atomic E-state index is -4.26. The number of aliphatic hydroxyl groups is 2. The van der Waals surface area contributed by atoms with Crippen LogP contribution in [-0.4, -0.2) is 38.1 Å². The molecule has 19 heavy (non-hydrogen) atoms. The van der Waals surface area contributed by atoms with E-state index in [-0.39, 0.29) is 11.4 Å². The quantitative estimate of drug-likeness (QED) is 0.611. The highest BCUT2D eigenvalue weighted by atomic mass is 19.3. The maximum absolute atomic E-state index is 12.8. The summed E-state index contributed by atoms with van der Waals surface area (Å²) in [5, 5.41) is 18.1. The smallest absolute Gasteiger partial charge is 0.382 e. The zero-order chi connectivity index (χ0) is 14.4. The molecule has 2 rings (SSSR count). The number of ether oxygens (including phenoxy) is 1. The molecule has 1 aliphatic heterocycles. The number of hydrogen-bond donors (Lipinski definition) is 3. The van der Waals surface area contributed by atoms with Gasteiger partial charge in [-0.05, 0) is 6.07 Å². The van der Waals surface area contributed by atoms with Crippen LogP contribution in [-0.2, 0) is 4.74 Å². The molecule has 1 fully saturated rings. The Morgan fingerprint density at radius 1 is 1.58 bits per heavy atom. The van der Waals surface area contributed by atoms with E-state index in [0.29, 0.717) is 0 Å². The maximum atomic E-state index is 12.8. The molecule has 1 aromatic heterocycles. The second kappa shape index (κ2) is 4.37. The molecular formula is C10H11F2N3O4. The number of nitrogens with zero attached hydrogens (tertiary/aromatic N) is 2. The van der Waals surface area contributed by atoms with Crippen LogP contribution in [0.2, 0.25) is 0 Å². The Kier molecular flexibility index (Phi) is 3.12. The monoisotopic (exact) mass is 275 g/mol. The highest BCUT2D eigenvalue weighted by Crippen LogP contribution is 2.38. The third kappa shape index (κ3) is 2.35. The largest absolute Gasteiger partial charge is 0.386 e. The summed E-state index contributed by atoms with van der Waals surface area (Å²) in [6.07, 6.45) is -8.45. The number of aliphatic hydroxyl groups excluding tert-OH is 1. The first-order valence-electron chi connectivity index (χ1n) is 5.19. The molecule has 0 saturated carbocycles. The Labute approximate surface area is 105 Å². The lowest BCUT2D eigenvalue weighted by Gasteiger charge is -2.19. The lowest BCUT2D eigenvalue weighted by Crippen LogP contribution is -2.40. The number of alkyl halides is 2. The Balaban J connectivity index is 2.37. The normalized spacial score (nSPS) is 27.8. The van der Waals surface area contributed by atoms with Crippen LogP contribution in [0.1, 0.15) is 6.23 Å². The molecule has 0 unspecified atom stereocenters. The van der Waals surface area contributed by atoms with E-state index in [1.165, 1.54) is 12.3 Å². The molecule has 4 N–H and O–H groups in total. The topological polar surface area (TPSA) is 111 Å². The molecule has 7 nitrogen and oxygen atoms in total. The first-order valence-corrected chi connectivity index (χ1v) is 5.19. The number of rotatable bonds is 2. The third-order valence-electron chi connectivity index (χ3n) is 2.71. The Hall–Kier alpha value is -1.84. The summed E-state index contributed by atoms with van der Waals surface area (Å²) in [6, 6.07) is 1.26. The van der Waals surface area contributed by atoms with Gasteiger partial charge < -0.3 is 20.7 Å². The van der Waals surface area contributed by atoms with Crippen LogP contribution in [0.5, 0.6) is 0 Å². The van der Waals surface area contributed by atoms with Gasteiger partial charge in [0.05, 0.1) is 0 Å². The minimum Gasteiger partial charge on any atom is -0.386 e. The van der Waals surface area contributed by atoms with Gasteiger partial charge in [-0.1, -0.05) is 6.58 Å². The van der Waals surface area contributed by atoms with Crippen LogP contribution >= 0.6 is 0 Å². The maximum Gasteiger partial charge on any atom is 0.382 e. The van der Waals surface area contributed by atoms with Crippen LogP contribution < -0.4 is 11.4 Å². The standard InChI is InChI=1S/C10H11F2N3O4/c1-4-6(16)7(10(11,12)18)19-8(4)15-3-2-5(13)14-9(15)17/h2-3,6-8,16,18H,1H2,(H2,13,14,17)/t6-,7-,8+/m0/s1. The second-order valence-electron chi connectivity index (χ2n) is 4.06. The Morgan fingerprint density at radius 3 is 2.68 bits per heavy atom. The fourth-order valence-electron chi connectivity index (χ4n) is 1.76. The van der Waals surface area contributed by atoms with Gasteiger partial charge in [-0.15, -0.1) is 0 Å². The van der Waals surface area contributed by atoms with Crippen LogP contribution in [0, 0.1) is 0 Å². The van der Waals surface area contributed by atoms with Gasteiger partial charge in [0.25, 0.3) is 0 Å². The Morgan fingerprint density at radius 2 is 2.21 bits per heavy atom. The average molecular weight is 275 g/mol. The molecular weight excluding hydrogens is 264 g/mol. The van der Waals surface area contributed by atoms with Crippen LogP contribution in [0.4, 0.5) is 14.6 Å². The van der Waals surface area contributed by atoms with Crippen LogP contribution in [0.15, 0.2) is 29.2 Å². The molecule has 1 saturated heterocycles. The fourth-order valence-corrected chi connectivity index (χ4v) is 1.76. The van der Waals surface area contributed by atoms with Crippen molar-refractivity contribution < 1.29 is 23.7 Å². The number of aromatic nitrogens is 2. The molecule has 0 bridgehead atoms. The summed E-state index contributed by atoms with van der Waals surface area (Å²) in [7, 11) is 0. The molecule has 9 heteroatoms. The van der Waals surface area contributed by atoms with Crippen molar-refractivity contribution in [1.82, 2.24) is 9.55 Å². The molecule has 3 atom stereocenters. The molecule has 104 valence electrons. The predicted molar refractivity (Wildman–Crippen MR) is 59.1 cm³/mol. The van der Waals surface area contributed by atoms with E-state index in [0.717, 1.165) is 4.57 Å². The predicted octanol–water partition coefficient (Wildman–Crippen LogP) is -0.775. The third-order valence-corrected chi connectivity index (χ3v) is 2.71. The summed E-state index contributed by atoms with van der Waals surface area (Å²) in [6.45, 7) is 3.38. The van der Waals surface area contributed by atoms with Crippen molar-refractivity contribution in [2.24, 2.45) is 0 Å². The van der Waals surface area contributed by atoms with Gasteiger partial charge in [-0.3, -0.25) is 4.57 Å². The van der Waals surface area contributed by atoms with Gasteiger partial charge in [-0.25, -0.2) is 4.79 Å². The van der Waals surface area contributed by atoms with Gasteiger partial charge in [0.2, 0.25) is 0 Å². The summed E-state index contributed by atoms with van der Waals surface area (Å²) >= 11 is 0. The van der Waals surface area contributed by atoms with E-state index >= 15 is 0 Å². The van der Waals surface area contributed by atoms with E-state index in [1.807, 2.05) is 0 Å². The van der Waals surface area contributed by atoms with Gasteiger partial charge in [0, 0.05) is 11.8 Å². The molecule has 1 aliphatic rings. The zero-order valence-electron chi connectivity index (χ0n) is 9.53. The van der Waals surface area contributed by atoms with Gasteiger partial charge >= 0.3 is 11.8 Å². The molecule has 1 aromatic rings.